The van der Waals surface area contributed by atoms with Crippen LogP contribution < -0.4 is 0 Å². The van der Waals surface area contributed by atoms with E-state index in [2.05, 4.69) is 70.0 Å². The van der Waals surface area contributed by atoms with Crippen LogP contribution in [0.4, 0.5) is 0 Å². The first kappa shape index (κ1) is 18.9. The average molecular weight is 452 g/mol. The molecule has 2 aromatic rings. The first-order chi connectivity index (χ1) is 11.5. The molecule has 0 fully saturated rings. The summed E-state index contributed by atoms with van der Waals surface area (Å²) in [6.45, 7) is 4.23. The van der Waals surface area contributed by atoms with E-state index in [1.54, 1.807) is 0 Å². The molecule has 0 saturated carbocycles. The monoisotopic (exact) mass is 450 g/mol. The second-order valence-electron chi connectivity index (χ2n) is 5.50. The number of carboxylic acids is 1. The highest BCUT2D eigenvalue weighted by Crippen LogP contribution is 2.41. The molecule has 126 valence electrons. The van der Waals surface area contributed by atoms with Gasteiger partial charge in [-0.1, -0.05) is 78.3 Å². The minimum Gasteiger partial charge on any atom is -0.477 e. The zero-order valence-corrected chi connectivity index (χ0v) is 16.9. The lowest BCUT2D eigenvalue weighted by Crippen LogP contribution is -2.10. The zero-order valence-electron chi connectivity index (χ0n) is 13.7. The molecule has 4 heteroatoms. The fourth-order valence-electron chi connectivity index (χ4n) is 2.95. The Kier molecular flexibility index (Phi) is 6.81. The lowest BCUT2D eigenvalue weighted by molar-refractivity contribution is -0.131. The Morgan fingerprint density at radius 3 is 1.71 bits per heavy atom. The van der Waals surface area contributed by atoms with Crippen molar-refractivity contribution in [1.29, 1.82) is 0 Å². The predicted octanol–water partition coefficient (Wildman–Crippen LogP) is 6.03. The third-order valence-electron chi connectivity index (χ3n) is 4.14. The molecule has 0 heterocycles. The van der Waals surface area contributed by atoms with Crippen LogP contribution in [0.15, 0.2) is 57.5 Å². The highest BCUT2D eigenvalue weighted by Gasteiger charge is 2.25. The quantitative estimate of drug-likeness (QED) is 0.544. The van der Waals surface area contributed by atoms with Gasteiger partial charge < -0.3 is 5.11 Å². The lowest BCUT2D eigenvalue weighted by atomic mass is 9.84. The van der Waals surface area contributed by atoms with Gasteiger partial charge in [-0.05, 0) is 51.0 Å². The molecule has 0 atom stereocenters. The van der Waals surface area contributed by atoms with Crippen LogP contribution in [-0.4, -0.2) is 11.1 Å². The van der Waals surface area contributed by atoms with Gasteiger partial charge in [-0.2, -0.15) is 0 Å². The summed E-state index contributed by atoms with van der Waals surface area (Å²) in [5.41, 5.74) is 4.70. The van der Waals surface area contributed by atoms with Crippen molar-refractivity contribution in [1.82, 2.24) is 0 Å². The van der Waals surface area contributed by atoms with Crippen molar-refractivity contribution in [2.75, 3.05) is 0 Å². The molecule has 24 heavy (non-hydrogen) atoms. The maximum absolute atomic E-state index is 11.5. The lowest BCUT2D eigenvalue weighted by Gasteiger charge is -2.23. The Morgan fingerprint density at radius 1 is 0.917 bits per heavy atom. The number of benzene rings is 2. The summed E-state index contributed by atoms with van der Waals surface area (Å²) in [5.74, 6) is -1.13. The van der Waals surface area contributed by atoms with Crippen molar-refractivity contribution in [3.05, 3.63) is 79.7 Å². The number of aliphatic carboxylic acids is 1. The largest absolute Gasteiger partial charge is 0.477 e. The molecular formula is C20H20Br2O2. The average Bonchev–Trinajstić information content (AvgIpc) is 2.61. The van der Waals surface area contributed by atoms with E-state index in [-0.39, 0.29) is 10.4 Å². The number of rotatable bonds is 6. The van der Waals surface area contributed by atoms with Gasteiger partial charge in [0.15, 0.2) is 0 Å². The maximum Gasteiger partial charge on any atom is 0.343 e. The summed E-state index contributed by atoms with van der Waals surface area (Å²) in [6, 6.07) is 16.4. The number of allylic oxidation sites excluding steroid dienone is 1. The molecule has 0 aliphatic carbocycles. The standard InChI is InChI=1S/C20H20Br2O2/c1-3-13-9-5-7-11-15(13)17(18(21)19(22)20(23)24)16-12-8-6-10-14(16)4-2/h5-12,17H,3-4H2,1-2H3,(H,23,24). The molecule has 2 aromatic carbocycles. The molecule has 0 saturated heterocycles. The van der Waals surface area contributed by atoms with Gasteiger partial charge in [-0.15, -0.1) is 0 Å². The van der Waals surface area contributed by atoms with Crippen LogP contribution in [0.5, 0.6) is 0 Å². The van der Waals surface area contributed by atoms with Crippen molar-refractivity contribution in [2.24, 2.45) is 0 Å². The molecule has 2 rings (SSSR count). The summed E-state index contributed by atoms with van der Waals surface area (Å²) >= 11 is 6.79. The van der Waals surface area contributed by atoms with Gasteiger partial charge in [-0.3, -0.25) is 0 Å². The van der Waals surface area contributed by atoms with Crippen LogP contribution in [0.2, 0.25) is 0 Å². The second-order valence-corrected chi connectivity index (χ2v) is 7.15. The van der Waals surface area contributed by atoms with Crippen LogP contribution in [0.1, 0.15) is 42.0 Å². The van der Waals surface area contributed by atoms with Crippen LogP contribution >= 0.6 is 31.9 Å². The first-order valence-corrected chi connectivity index (χ1v) is 9.53. The van der Waals surface area contributed by atoms with E-state index >= 15 is 0 Å². The van der Waals surface area contributed by atoms with E-state index in [1.165, 1.54) is 11.1 Å². The Labute approximate surface area is 159 Å². The number of aryl methyl sites for hydroxylation is 2. The molecule has 0 aromatic heterocycles. The third kappa shape index (κ3) is 3.98. The maximum atomic E-state index is 11.5. The van der Waals surface area contributed by atoms with Crippen molar-refractivity contribution in [2.45, 2.75) is 32.6 Å². The van der Waals surface area contributed by atoms with Crippen molar-refractivity contribution < 1.29 is 9.90 Å². The zero-order chi connectivity index (χ0) is 17.7. The summed E-state index contributed by atoms with van der Waals surface area (Å²) in [7, 11) is 0. The van der Waals surface area contributed by atoms with E-state index in [1.807, 2.05) is 24.3 Å². The van der Waals surface area contributed by atoms with Gasteiger partial charge in [0.25, 0.3) is 0 Å². The van der Waals surface area contributed by atoms with E-state index in [0.717, 1.165) is 24.0 Å². The fourth-order valence-corrected chi connectivity index (χ4v) is 3.84. The molecule has 0 amide bonds. The summed E-state index contributed by atoms with van der Waals surface area (Å²) in [6.07, 6.45) is 1.79. The normalized spacial score (nSPS) is 12.2. The Morgan fingerprint density at radius 2 is 1.33 bits per heavy atom. The third-order valence-corrected chi connectivity index (χ3v) is 6.30. The van der Waals surface area contributed by atoms with Crippen LogP contribution in [-0.2, 0) is 17.6 Å². The second kappa shape index (κ2) is 8.63. The number of hydrogen-bond donors (Lipinski definition) is 1. The van der Waals surface area contributed by atoms with Gasteiger partial charge in [0.2, 0.25) is 0 Å². The van der Waals surface area contributed by atoms with Crippen molar-refractivity contribution in [3.8, 4) is 0 Å². The Balaban J connectivity index is 2.76. The minimum atomic E-state index is -0.977. The molecule has 2 nitrogen and oxygen atoms in total. The SMILES string of the molecule is CCc1ccccc1C(C(Br)=C(Br)C(=O)O)c1ccccc1CC. The highest BCUT2D eigenvalue weighted by molar-refractivity contribution is 9.14. The highest BCUT2D eigenvalue weighted by atomic mass is 79.9. The van der Waals surface area contributed by atoms with E-state index in [9.17, 15) is 9.90 Å². The van der Waals surface area contributed by atoms with Gasteiger partial charge in [0.1, 0.15) is 4.48 Å². The molecule has 0 aliphatic rings. The smallest absolute Gasteiger partial charge is 0.343 e. The number of carboxylic acid groups (broad SMARTS) is 1. The predicted molar refractivity (Wildman–Crippen MR) is 106 cm³/mol. The van der Waals surface area contributed by atoms with Gasteiger partial charge >= 0.3 is 5.97 Å². The molecule has 0 aliphatic heterocycles. The van der Waals surface area contributed by atoms with Gasteiger partial charge in [-0.25, -0.2) is 4.79 Å². The van der Waals surface area contributed by atoms with Crippen LogP contribution in [0.3, 0.4) is 0 Å². The molecule has 0 unspecified atom stereocenters. The van der Waals surface area contributed by atoms with E-state index in [0.29, 0.717) is 4.48 Å². The molecule has 0 bridgehead atoms. The van der Waals surface area contributed by atoms with Gasteiger partial charge in [0, 0.05) is 10.4 Å². The minimum absolute atomic E-state index is 0.150. The molecular weight excluding hydrogens is 432 g/mol. The summed E-state index contributed by atoms with van der Waals surface area (Å²) in [5, 5.41) is 9.41. The number of halogens is 2. The number of carbonyl (C=O) groups is 1. The Hall–Kier alpha value is -1.39. The topological polar surface area (TPSA) is 37.3 Å². The van der Waals surface area contributed by atoms with Crippen molar-refractivity contribution >= 4 is 37.8 Å². The van der Waals surface area contributed by atoms with Gasteiger partial charge in [0.05, 0.1) is 0 Å². The molecule has 0 spiro atoms. The Bertz CT molecular complexity index is 718. The fraction of sp³-hybridized carbons (Fsp3) is 0.250. The van der Waals surface area contributed by atoms with Crippen LogP contribution in [0, 0.1) is 0 Å². The molecule has 1 N–H and O–H groups in total. The van der Waals surface area contributed by atoms with E-state index in [4.69, 9.17) is 0 Å². The van der Waals surface area contributed by atoms with Crippen LogP contribution in [0.25, 0.3) is 0 Å². The summed E-state index contributed by atoms with van der Waals surface area (Å²) < 4.78 is 0.793. The summed E-state index contributed by atoms with van der Waals surface area (Å²) in [4.78, 5) is 11.5. The van der Waals surface area contributed by atoms with Crippen molar-refractivity contribution in [3.63, 3.8) is 0 Å². The van der Waals surface area contributed by atoms with E-state index < -0.39 is 5.97 Å². The first-order valence-electron chi connectivity index (χ1n) is 7.95. The number of hydrogen-bond acceptors (Lipinski definition) is 1. The molecule has 0 radical (unpaired) electrons.